The van der Waals surface area contributed by atoms with Crippen LogP contribution in [0.4, 0.5) is 0 Å². The molecule has 37 heavy (non-hydrogen) atoms. The van der Waals surface area contributed by atoms with E-state index in [0.717, 1.165) is 6.42 Å². The number of benzene rings is 2. The molecule has 2 aromatic rings. The van der Waals surface area contributed by atoms with Gasteiger partial charge in [0.05, 0.1) is 32.1 Å². The van der Waals surface area contributed by atoms with E-state index in [9.17, 15) is 19.2 Å². The van der Waals surface area contributed by atoms with Gasteiger partial charge in [0.15, 0.2) is 5.78 Å². The number of carbonyl (C=O) groups excluding carboxylic acids is 4. The predicted molar refractivity (Wildman–Crippen MR) is 131 cm³/mol. The first-order valence-corrected chi connectivity index (χ1v) is 12.1. The van der Waals surface area contributed by atoms with Crippen molar-refractivity contribution in [2.45, 2.75) is 43.9 Å². The highest BCUT2D eigenvalue weighted by Crippen LogP contribution is 2.58. The number of ketones is 2. The standard InChI is InChI=1S/C28H27NO8/c1-4-36-21(30)16-28-25(32)22(24(31)18-8-12-20(35-3)13-9-18)23(17-6-10-19(34-2)11-7-17)29(28)27(14-5-15-27)26(33)37-28/h6-13H,4-5,14-16H2,1-3H3. The SMILES string of the molecule is CCOC(=O)CC12OC(=O)C3(CCC3)N1C(c1ccc(OC)cc1)=C(C(=O)c1ccc(OC)cc1)C2=O. The molecule has 9 heteroatoms. The van der Waals surface area contributed by atoms with E-state index in [1.807, 2.05) is 0 Å². The maximum atomic E-state index is 14.2. The molecule has 1 spiro atoms. The van der Waals surface area contributed by atoms with Gasteiger partial charge in [-0.05, 0) is 80.3 Å². The number of methoxy groups -OCH3 is 2. The van der Waals surface area contributed by atoms with Gasteiger partial charge in [0, 0.05) is 5.56 Å². The summed E-state index contributed by atoms with van der Waals surface area (Å²) in [6.45, 7) is 1.75. The molecule has 0 amide bonds. The topological polar surface area (TPSA) is 108 Å². The normalized spacial score (nSPS) is 21.4. The third kappa shape index (κ3) is 3.60. The molecule has 2 heterocycles. The van der Waals surface area contributed by atoms with Crippen molar-refractivity contribution >= 4 is 29.2 Å². The molecular weight excluding hydrogens is 478 g/mol. The molecule has 2 aromatic carbocycles. The Kier molecular flexibility index (Phi) is 6.01. The lowest BCUT2D eigenvalue weighted by Crippen LogP contribution is -2.58. The van der Waals surface area contributed by atoms with Gasteiger partial charge in [-0.15, -0.1) is 0 Å². The fraction of sp³-hybridized carbons (Fsp3) is 0.357. The Balaban J connectivity index is 1.72. The van der Waals surface area contributed by atoms with E-state index in [1.165, 1.54) is 14.2 Å². The first kappa shape index (κ1) is 24.5. The number of esters is 2. The monoisotopic (exact) mass is 505 g/mol. The number of nitrogens with zero attached hydrogens (tertiary/aromatic N) is 1. The van der Waals surface area contributed by atoms with Crippen LogP contribution in [-0.4, -0.2) is 60.5 Å². The molecule has 5 rings (SSSR count). The van der Waals surface area contributed by atoms with E-state index in [-0.39, 0.29) is 23.4 Å². The number of rotatable bonds is 8. The molecule has 1 unspecified atom stereocenters. The van der Waals surface area contributed by atoms with Crippen LogP contribution in [0.25, 0.3) is 5.70 Å². The summed E-state index contributed by atoms with van der Waals surface area (Å²) in [4.78, 5) is 55.7. The minimum atomic E-state index is -1.99. The van der Waals surface area contributed by atoms with Crippen LogP contribution < -0.4 is 9.47 Å². The van der Waals surface area contributed by atoms with Gasteiger partial charge in [0.2, 0.25) is 5.78 Å². The number of carbonyl (C=O) groups is 4. The molecule has 1 saturated carbocycles. The fourth-order valence-electron chi connectivity index (χ4n) is 5.35. The third-order valence-corrected chi connectivity index (χ3v) is 7.29. The quantitative estimate of drug-likeness (QED) is 0.303. The van der Waals surface area contributed by atoms with Crippen molar-refractivity contribution in [1.82, 2.24) is 4.90 Å². The van der Waals surface area contributed by atoms with Crippen molar-refractivity contribution in [2.24, 2.45) is 0 Å². The van der Waals surface area contributed by atoms with Crippen LogP contribution in [0.5, 0.6) is 11.5 Å². The summed E-state index contributed by atoms with van der Waals surface area (Å²) in [6.07, 6.45) is 1.10. The second kappa shape index (κ2) is 9.06. The molecule has 9 nitrogen and oxygen atoms in total. The van der Waals surface area contributed by atoms with Crippen LogP contribution in [0.3, 0.4) is 0 Å². The molecule has 1 atom stereocenters. The molecule has 1 aliphatic carbocycles. The van der Waals surface area contributed by atoms with Gasteiger partial charge in [0.25, 0.3) is 5.72 Å². The van der Waals surface area contributed by atoms with E-state index in [2.05, 4.69) is 0 Å². The maximum absolute atomic E-state index is 14.2. The van der Waals surface area contributed by atoms with Crippen molar-refractivity contribution in [1.29, 1.82) is 0 Å². The fourth-order valence-corrected chi connectivity index (χ4v) is 5.35. The van der Waals surface area contributed by atoms with Crippen molar-refractivity contribution in [2.75, 3.05) is 20.8 Å². The zero-order chi connectivity index (χ0) is 26.4. The Bertz CT molecular complexity index is 1310. The van der Waals surface area contributed by atoms with E-state index < -0.39 is 41.2 Å². The molecule has 0 bridgehead atoms. The van der Waals surface area contributed by atoms with Gasteiger partial charge in [-0.2, -0.15) is 0 Å². The van der Waals surface area contributed by atoms with Gasteiger partial charge in [-0.1, -0.05) is 0 Å². The van der Waals surface area contributed by atoms with Gasteiger partial charge < -0.3 is 23.8 Å². The molecule has 2 aliphatic heterocycles. The van der Waals surface area contributed by atoms with Crippen LogP contribution in [0.1, 0.15) is 48.5 Å². The largest absolute Gasteiger partial charge is 0.497 e. The van der Waals surface area contributed by atoms with Crippen molar-refractivity contribution < 1.29 is 38.1 Å². The number of fused-ring (bicyclic) bond motifs is 2. The number of Topliss-reactive ketones (excluding diaryl/α,β-unsaturated/α-hetero) is 2. The van der Waals surface area contributed by atoms with Crippen molar-refractivity contribution in [3.63, 3.8) is 0 Å². The summed E-state index contributed by atoms with van der Waals surface area (Å²) in [5.74, 6) is -1.40. The summed E-state index contributed by atoms with van der Waals surface area (Å²) in [5.41, 5.74) is -2.21. The second-order valence-corrected chi connectivity index (χ2v) is 9.22. The summed E-state index contributed by atoms with van der Waals surface area (Å²) in [6, 6.07) is 13.3. The number of hydrogen-bond donors (Lipinski definition) is 0. The highest BCUT2D eigenvalue weighted by atomic mass is 16.6. The molecule has 0 radical (unpaired) electrons. The molecule has 2 fully saturated rings. The van der Waals surface area contributed by atoms with Crippen LogP contribution in [0, 0.1) is 0 Å². The highest BCUT2D eigenvalue weighted by molar-refractivity contribution is 6.35. The van der Waals surface area contributed by atoms with Crippen molar-refractivity contribution in [3.05, 3.63) is 65.2 Å². The summed E-state index contributed by atoms with van der Waals surface area (Å²) < 4.78 is 21.4. The zero-order valence-electron chi connectivity index (χ0n) is 20.9. The van der Waals surface area contributed by atoms with Crippen molar-refractivity contribution in [3.8, 4) is 11.5 Å². The summed E-state index contributed by atoms with van der Waals surface area (Å²) in [5, 5.41) is 0. The van der Waals surface area contributed by atoms with E-state index in [1.54, 1.807) is 60.4 Å². The molecule has 0 N–H and O–H groups in total. The Morgan fingerprint density at radius 3 is 2.05 bits per heavy atom. The molecular formula is C28H27NO8. The van der Waals surface area contributed by atoms with Gasteiger partial charge >= 0.3 is 11.9 Å². The lowest BCUT2D eigenvalue weighted by atomic mass is 9.75. The smallest absolute Gasteiger partial charge is 0.334 e. The van der Waals surface area contributed by atoms with Crippen LogP contribution in [0.2, 0.25) is 0 Å². The van der Waals surface area contributed by atoms with Gasteiger partial charge in [-0.3, -0.25) is 14.4 Å². The van der Waals surface area contributed by atoms with Crippen LogP contribution in [-0.2, 0) is 23.9 Å². The predicted octanol–water partition coefficient (Wildman–Crippen LogP) is 3.31. The van der Waals surface area contributed by atoms with E-state index >= 15 is 0 Å². The Labute approximate surface area is 213 Å². The molecule has 0 aromatic heterocycles. The minimum Gasteiger partial charge on any atom is -0.497 e. The van der Waals surface area contributed by atoms with E-state index in [4.69, 9.17) is 18.9 Å². The Hall–Kier alpha value is -4.14. The first-order chi connectivity index (χ1) is 17.8. The molecule has 192 valence electrons. The third-order valence-electron chi connectivity index (χ3n) is 7.29. The number of ether oxygens (including phenoxy) is 4. The number of hydrogen-bond acceptors (Lipinski definition) is 9. The second-order valence-electron chi connectivity index (χ2n) is 9.22. The highest BCUT2D eigenvalue weighted by Gasteiger charge is 2.73. The van der Waals surface area contributed by atoms with Gasteiger partial charge in [0.1, 0.15) is 23.5 Å². The summed E-state index contributed by atoms with van der Waals surface area (Å²) in [7, 11) is 3.05. The lowest BCUT2D eigenvalue weighted by molar-refractivity contribution is -0.168. The minimum absolute atomic E-state index is 0.0958. The van der Waals surface area contributed by atoms with Gasteiger partial charge in [-0.25, -0.2) is 4.79 Å². The van der Waals surface area contributed by atoms with Crippen LogP contribution >= 0.6 is 0 Å². The Morgan fingerprint density at radius 2 is 1.54 bits per heavy atom. The maximum Gasteiger partial charge on any atom is 0.334 e. The zero-order valence-corrected chi connectivity index (χ0v) is 20.9. The summed E-state index contributed by atoms with van der Waals surface area (Å²) >= 11 is 0. The molecule has 1 saturated heterocycles. The molecule has 3 aliphatic rings. The Morgan fingerprint density at radius 1 is 0.946 bits per heavy atom. The average molecular weight is 506 g/mol. The van der Waals surface area contributed by atoms with E-state index in [0.29, 0.717) is 29.9 Å². The van der Waals surface area contributed by atoms with Crippen LogP contribution in [0.15, 0.2) is 54.1 Å². The lowest BCUT2D eigenvalue weighted by Gasteiger charge is -2.45. The first-order valence-electron chi connectivity index (χ1n) is 12.1. The average Bonchev–Trinajstić information content (AvgIpc) is 3.28.